The van der Waals surface area contributed by atoms with Gasteiger partial charge in [-0.25, -0.2) is 0 Å². The smallest absolute Gasteiger partial charge is 0.307 e. The fraction of sp³-hybridized carbons (Fsp3) is 0.667. The van der Waals surface area contributed by atoms with E-state index in [1.807, 2.05) is 13.8 Å². The van der Waals surface area contributed by atoms with E-state index in [1.54, 1.807) is 0 Å². The van der Waals surface area contributed by atoms with Gasteiger partial charge in [0, 0.05) is 17.4 Å². The van der Waals surface area contributed by atoms with E-state index in [0.717, 1.165) is 24.0 Å². The summed E-state index contributed by atoms with van der Waals surface area (Å²) in [5.74, 6) is -1.02. The average Bonchev–Trinajstić information content (AvgIpc) is 2.39. The van der Waals surface area contributed by atoms with Crippen molar-refractivity contribution in [2.24, 2.45) is 11.3 Å². The summed E-state index contributed by atoms with van der Waals surface area (Å²) >= 11 is 0. The van der Waals surface area contributed by atoms with Crippen LogP contribution in [0, 0.1) is 11.3 Å². The third-order valence-corrected chi connectivity index (χ3v) is 3.78. The molecular formula is C12H16O3. The first-order chi connectivity index (χ1) is 6.94. The molecule has 3 heteroatoms. The van der Waals surface area contributed by atoms with Gasteiger partial charge in [-0.15, -0.1) is 0 Å². The molecule has 0 heterocycles. The molecule has 0 fully saturated rings. The number of allylic oxidation sites excluding steroid dienone is 2. The Hall–Kier alpha value is -1.12. The molecule has 3 nitrogen and oxygen atoms in total. The van der Waals surface area contributed by atoms with E-state index < -0.39 is 17.3 Å². The van der Waals surface area contributed by atoms with Gasteiger partial charge in [0.1, 0.15) is 0 Å². The van der Waals surface area contributed by atoms with Crippen molar-refractivity contribution in [3.05, 3.63) is 11.1 Å². The third kappa shape index (κ3) is 1.41. The summed E-state index contributed by atoms with van der Waals surface area (Å²) in [7, 11) is 0. The minimum Gasteiger partial charge on any atom is -0.481 e. The van der Waals surface area contributed by atoms with Gasteiger partial charge in [0.2, 0.25) is 0 Å². The van der Waals surface area contributed by atoms with E-state index in [2.05, 4.69) is 0 Å². The Labute approximate surface area is 89.2 Å². The molecule has 15 heavy (non-hydrogen) atoms. The lowest BCUT2D eigenvalue weighted by Gasteiger charge is -2.28. The molecule has 0 saturated carbocycles. The lowest BCUT2D eigenvalue weighted by molar-refractivity contribution is -0.144. The molecule has 2 aliphatic rings. The minimum absolute atomic E-state index is 0.171. The molecule has 1 unspecified atom stereocenters. The van der Waals surface area contributed by atoms with Crippen molar-refractivity contribution in [2.75, 3.05) is 0 Å². The molecule has 2 rings (SSSR count). The van der Waals surface area contributed by atoms with Crippen LogP contribution in [-0.4, -0.2) is 16.9 Å². The number of hydrogen-bond acceptors (Lipinski definition) is 2. The maximum atomic E-state index is 11.8. The maximum Gasteiger partial charge on any atom is 0.307 e. The molecule has 2 aliphatic carbocycles. The van der Waals surface area contributed by atoms with Gasteiger partial charge in [-0.3, -0.25) is 9.59 Å². The van der Waals surface area contributed by atoms with Gasteiger partial charge in [0.15, 0.2) is 5.78 Å². The largest absolute Gasteiger partial charge is 0.481 e. The van der Waals surface area contributed by atoms with Gasteiger partial charge in [-0.05, 0) is 19.3 Å². The van der Waals surface area contributed by atoms with Crippen LogP contribution >= 0.6 is 0 Å². The van der Waals surface area contributed by atoms with Crippen molar-refractivity contribution in [2.45, 2.75) is 39.5 Å². The molecule has 0 radical (unpaired) electrons. The number of carbonyl (C=O) groups is 2. The van der Waals surface area contributed by atoms with Crippen LogP contribution in [0.5, 0.6) is 0 Å². The van der Waals surface area contributed by atoms with Gasteiger partial charge in [0.25, 0.3) is 0 Å². The van der Waals surface area contributed by atoms with Crippen molar-refractivity contribution in [1.29, 1.82) is 0 Å². The highest BCUT2D eigenvalue weighted by molar-refractivity contribution is 6.00. The molecule has 0 amide bonds. The standard InChI is InChI=1S/C12H16O3/c1-12(2)8(11(14)15)6-7-4-3-5-9(13)10(7)12/h8H,3-6H2,1-2H3,(H,14,15). The number of rotatable bonds is 1. The van der Waals surface area contributed by atoms with Crippen molar-refractivity contribution < 1.29 is 14.7 Å². The summed E-state index contributed by atoms with van der Waals surface area (Å²) in [6, 6.07) is 0. The third-order valence-electron chi connectivity index (χ3n) is 3.78. The molecule has 0 saturated heterocycles. The van der Waals surface area contributed by atoms with Crippen molar-refractivity contribution in [1.82, 2.24) is 0 Å². The molecule has 1 atom stereocenters. The van der Waals surface area contributed by atoms with Crippen LogP contribution in [0.1, 0.15) is 39.5 Å². The predicted molar refractivity (Wildman–Crippen MR) is 55.4 cm³/mol. The van der Waals surface area contributed by atoms with Crippen LogP contribution in [0.3, 0.4) is 0 Å². The fourth-order valence-corrected chi connectivity index (χ4v) is 3.00. The van der Waals surface area contributed by atoms with E-state index in [4.69, 9.17) is 5.11 Å². The predicted octanol–water partition coefficient (Wildman–Crippen LogP) is 2.17. The van der Waals surface area contributed by atoms with Crippen LogP contribution in [0.15, 0.2) is 11.1 Å². The second-order valence-corrected chi connectivity index (χ2v) is 5.07. The highest BCUT2D eigenvalue weighted by atomic mass is 16.4. The Bertz CT molecular complexity index is 363. The molecular weight excluding hydrogens is 192 g/mol. The quantitative estimate of drug-likeness (QED) is 0.718. The number of aliphatic carboxylic acids is 1. The second kappa shape index (κ2) is 3.19. The monoisotopic (exact) mass is 208 g/mol. The first-order valence-electron chi connectivity index (χ1n) is 5.43. The van der Waals surface area contributed by atoms with Gasteiger partial charge in [-0.2, -0.15) is 0 Å². The van der Waals surface area contributed by atoms with Crippen LogP contribution in [0.2, 0.25) is 0 Å². The molecule has 0 spiro atoms. The van der Waals surface area contributed by atoms with E-state index >= 15 is 0 Å². The minimum atomic E-state index is -0.776. The summed E-state index contributed by atoms with van der Waals surface area (Å²) in [4.78, 5) is 22.9. The maximum absolute atomic E-state index is 11.8. The summed E-state index contributed by atoms with van der Waals surface area (Å²) < 4.78 is 0. The highest BCUT2D eigenvalue weighted by Crippen LogP contribution is 2.50. The first-order valence-corrected chi connectivity index (χ1v) is 5.43. The fourth-order valence-electron chi connectivity index (χ4n) is 3.00. The van der Waals surface area contributed by atoms with E-state index in [-0.39, 0.29) is 5.78 Å². The zero-order valence-corrected chi connectivity index (χ0v) is 9.17. The lowest BCUT2D eigenvalue weighted by atomic mass is 9.74. The van der Waals surface area contributed by atoms with Gasteiger partial charge >= 0.3 is 5.97 Å². The zero-order chi connectivity index (χ0) is 11.2. The van der Waals surface area contributed by atoms with Crippen molar-refractivity contribution in [3.63, 3.8) is 0 Å². The molecule has 0 bridgehead atoms. The van der Waals surface area contributed by atoms with Gasteiger partial charge < -0.3 is 5.11 Å². The first kappa shape index (κ1) is 10.4. The summed E-state index contributed by atoms with van der Waals surface area (Å²) in [5.41, 5.74) is 1.45. The van der Waals surface area contributed by atoms with Crippen LogP contribution < -0.4 is 0 Å². The number of carbonyl (C=O) groups excluding carboxylic acids is 1. The summed E-state index contributed by atoms with van der Waals surface area (Å²) in [6.07, 6.45) is 2.96. The van der Waals surface area contributed by atoms with E-state index in [0.29, 0.717) is 12.8 Å². The van der Waals surface area contributed by atoms with E-state index in [1.165, 1.54) is 0 Å². The number of Topliss-reactive ketones (excluding diaryl/α,β-unsaturated/α-hetero) is 1. The number of carboxylic acid groups (broad SMARTS) is 1. The van der Waals surface area contributed by atoms with Crippen LogP contribution in [0.25, 0.3) is 0 Å². The average molecular weight is 208 g/mol. The topological polar surface area (TPSA) is 54.4 Å². The molecule has 0 aromatic rings. The van der Waals surface area contributed by atoms with Crippen LogP contribution in [0.4, 0.5) is 0 Å². The normalized spacial score (nSPS) is 29.2. The SMILES string of the molecule is CC1(C)C2=C(CCCC2=O)CC1C(=O)O. The highest BCUT2D eigenvalue weighted by Gasteiger charge is 2.48. The molecule has 0 aliphatic heterocycles. The van der Waals surface area contributed by atoms with Gasteiger partial charge in [0.05, 0.1) is 5.92 Å². The van der Waals surface area contributed by atoms with Gasteiger partial charge in [-0.1, -0.05) is 19.4 Å². The summed E-state index contributed by atoms with van der Waals surface area (Å²) in [5, 5.41) is 9.14. The van der Waals surface area contributed by atoms with Crippen molar-refractivity contribution >= 4 is 11.8 Å². The Morgan fingerprint density at radius 1 is 1.40 bits per heavy atom. The Balaban J connectivity index is 2.42. The Morgan fingerprint density at radius 3 is 2.60 bits per heavy atom. The zero-order valence-electron chi connectivity index (χ0n) is 9.17. The van der Waals surface area contributed by atoms with Crippen LogP contribution in [-0.2, 0) is 9.59 Å². The molecule has 1 N–H and O–H groups in total. The lowest BCUT2D eigenvalue weighted by Crippen LogP contribution is -2.30. The summed E-state index contributed by atoms with van der Waals surface area (Å²) in [6.45, 7) is 3.77. The number of hydrogen-bond donors (Lipinski definition) is 1. The Morgan fingerprint density at radius 2 is 2.07 bits per heavy atom. The van der Waals surface area contributed by atoms with E-state index in [9.17, 15) is 9.59 Å². The Kier molecular flexibility index (Phi) is 2.21. The van der Waals surface area contributed by atoms with Crippen molar-refractivity contribution in [3.8, 4) is 0 Å². The molecule has 0 aromatic carbocycles. The molecule has 82 valence electrons. The molecule has 0 aromatic heterocycles. The second-order valence-electron chi connectivity index (χ2n) is 5.07. The number of carboxylic acids is 1. The number of ketones is 1.